The number of nitrogens with zero attached hydrogens (tertiary/aromatic N) is 1. The number of urea groups is 1. The van der Waals surface area contributed by atoms with E-state index >= 15 is 0 Å². The zero-order chi connectivity index (χ0) is 14.4. The molecule has 104 valence electrons. The second kappa shape index (κ2) is 6.91. The Morgan fingerprint density at radius 3 is 2.85 bits per heavy atom. The average molecular weight is 290 g/mol. The second-order valence-electron chi connectivity index (χ2n) is 4.45. The first-order valence-corrected chi connectivity index (χ1v) is 6.73. The number of anilines is 1. The van der Waals surface area contributed by atoms with Gasteiger partial charge in [0.15, 0.2) is 0 Å². The van der Waals surface area contributed by atoms with Gasteiger partial charge in [-0.15, -0.1) is 0 Å². The van der Waals surface area contributed by atoms with E-state index in [9.17, 15) is 4.79 Å². The molecule has 0 atom stereocenters. The van der Waals surface area contributed by atoms with Crippen molar-refractivity contribution in [3.05, 3.63) is 58.9 Å². The molecule has 0 fully saturated rings. The molecule has 0 radical (unpaired) electrons. The number of benzene rings is 1. The largest absolute Gasteiger partial charge is 0.338 e. The van der Waals surface area contributed by atoms with E-state index in [1.807, 2.05) is 43.3 Å². The molecule has 0 saturated carbocycles. The Bertz CT molecular complexity index is 584. The summed E-state index contributed by atoms with van der Waals surface area (Å²) in [5.74, 6) is 0. The van der Waals surface area contributed by atoms with Crippen molar-refractivity contribution in [1.29, 1.82) is 0 Å². The normalized spacial score (nSPS) is 10.1. The fraction of sp³-hybridized carbons (Fsp3) is 0.200. The number of nitrogens with one attached hydrogen (secondary N) is 2. The number of halogens is 1. The van der Waals surface area contributed by atoms with Crippen molar-refractivity contribution in [2.24, 2.45) is 0 Å². The van der Waals surface area contributed by atoms with Gasteiger partial charge in [0, 0.05) is 17.3 Å². The first-order valence-electron chi connectivity index (χ1n) is 6.35. The Hall–Kier alpha value is -2.07. The zero-order valence-electron chi connectivity index (χ0n) is 11.2. The quantitative estimate of drug-likeness (QED) is 0.906. The predicted molar refractivity (Wildman–Crippen MR) is 81.2 cm³/mol. The molecular weight excluding hydrogens is 274 g/mol. The maximum Gasteiger partial charge on any atom is 0.319 e. The molecule has 2 aromatic rings. The lowest BCUT2D eigenvalue weighted by molar-refractivity contribution is 0.252. The highest BCUT2D eigenvalue weighted by molar-refractivity contribution is 6.30. The molecule has 2 rings (SSSR count). The van der Waals surface area contributed by atoms with Crippen LogP contribution in [0.3, 0.4) is 0 Å². The van der Waals surface area contributed by atoms with E-state index in [1.165, 1.54) is 0 Å². The van der Waals surface area contributed by atoms with Gasteiger partial charge in [-0.25, -0.2) is 4.79 Å². The van der Waals surface area contributed by atoms with Crippen LogP contribution in [0, 0.1) is 6.92 Å². The van der Waals surface area contributed by atoms with Gasteiger partial charge in [0.1, 0.15) is 0 Å². The first kappa shape index (κ1) is 14.3. The number of carbonyl (C=O) groups excluding carboxylic acids is 1. The SMILES string of the molecule is Cc1ccc(NC(=O)NCCc2cccc(Cl)c2)cn1. The predicted octanol–water partition coefficient (Wildman–Crippen LogP) is 3.41. The third-order valence-corrected chi connectivity index (χ3v) is 2.99. The number of hydrogen-bond donors (Lipinski definition) is 2. The van der Waals surface area contributed by atoms with Crippen molar-refractivity contribution in [1.82, 2.24) is 10.3 Å². The van der Waals surface area contributed by atoms with E-state index in [0.717, 1.165) is 17.7 Å². The molecule has 1 heterocycles. The summed E-state index contributed by atoms with van der Waals surface area (Å²) < 4.78 is 0. The van der Waals surface area contributed by atoms with Crippen molar-refractivity contribution in [3.8, 4) is 0 Å². The standard InChI is InChI=1S/C15H16ClN3O/c1-11-5-6-14(10-18-11)19-15(20)17-8-7-12-3-2-4-13(16)9-12/h2-6,9-10H,7-8H2,1H3,(H2,17,19,20). The van der Waals surface area contributed by atoms with E-state index < -0.39 is 0 Å². The smallest absolute Gasteiger partial charge is 0.319 e. The maximum absolute atomic E-state index is 11.7. The van der Waals surface area contributed by atoms with Crippen molar-refractivity contribution in [2.45, 2.75) is 13.3 Å². The van der Waals surface area contributed by atoms with Gasteiger partial charge in [0.05, 0.1) is 11.9 Å². The number of amides is 2. The van der Waals surface area contributed by atoms with E-state index in [4.69, 9.17) is 11.6 Å². The minimum absolute atomic E-state index is 0.238. The molecule has 2 amide bonds. The van der Waals surface area contributed by atoms with Crippen LogP contribution in [0.1, 0.15) is 11.3 Å². The van der Waals surface area contributed by atoms with Crippen LogP contribution in [-0.2, 0) is 6.42 Å². The summed E-state index contributed by atoms with van der Waals surface area (Å²) in [6, 6.07) is 11.0. The highest BCUT2D eigenvalue weighted by Crippen LogP contribution is 2.10. The van der Waals surface area contributed by atoms with Crippen LogP contribution in [-0.4, -0.2) is 17.6 Å². The second-order valence-corrected chi connectivity index (χ2v) is 4.89. The highest BCUT2D eigenvalue weighted by Gasteiger charge is 2.01. The number of carbonyl (C=O) groups is 1. The molecule has 2 N–H and O–H groups in total. The summed E-state index contributed by atoms with van der Waals surface area (Å²) in [7, 11) is 0. The third-order valence-electron chi connectivity index (χ3n) is 2.76. The molecule has 0 unspecified atom stereocenters. The number of hydrogen-bond acceptors (Lipinski definition) is 2. The minimum Gasteiger partial charge on any atom is -0.338 e. The highest BCUT2D eigenvalue weighted by atomic mass is 35.5. The van der Waals surface area contributed by atoms with Gasteiger partial charge in [0.2, 0.25) is 0 Å². The molecule has 0 saturated heterocycles. The summed E-state index contributed by atoms with van der Waals surface area (Å²) in [5, 5.41) is 6.23. The lowest BCUT2D eigenvalue weighted by atomic mass is 10.1. The summed E-state index contributed by atoms with van der Waals surface area (Å²) in [6.45, 7) is 2.44. The summed E-state index contributed by atoms with van der Waals surface area (Å²) >= 11 is 5.90. The molecule has 5 heteroatoms. The molecule has 0 bridgehead atoms. The summed E-state index contributed by atoms with van der Waals surface area (Å²) in [5.41, 5.74) is 2.68. The topological polar surface area (TPSA) is 54.0 Å². The third kappa shape index (κ3) is 4.55. The molecule has 20 heavy (non-hydrogen) atoms. The molecule has 4 nitrogen and oxygen atoms in total. The number of rotatable bonds is 4. The van der Waals surface area contributed by atoms with Gasteiger partial charge in [-0.05, 0) is 43.2 Å². The number of aryl methyl sites for hydroxylation is 1. The van der Waals surface area contributed by atoms with Crippen LogP contribution < -0.4 is 10.6 Å². The van der Waals surface area contributed by atoms with E-state index in [0.29, 0.717) is 17.3 Å². The first-order chi connectivity index (χ1) is 9.63. The van der Waals surface area contributed by atoms with Crippen LogP contribution >= 0.6 is 11.6 Å². The number of aromatic nitrogens is 1. The van der Waals surface area contributed by atoms with Gasteiger partial charge in [-0.2, -0.15) is 0 Å². The maximum atomic E-state index is 11.7. The van der Waals surface area contributed by atoms with Gasteiger partial charge in [-0.3, -0.25) is 4.98 Å². The van der Waals surface area contributed by atoms with E-state index in [-0.39, 0.29) is 6.03 Å². The van der Waals surface area contributed by atoms with E-state index in [2.05, 4.69) is 15.6 Å². The molecule has 1 aromatic heterocycles. The van der Waals surface area contributed by atoms with Gasteiger partial charge in [0.25, 0.3) is 0 Å². The molecule has 0 aliphatic heterocycles. The van der Waals surface area contributed by atoms with Crippen molar-refractivity contribution in [3.63, 3.8) is 0 Å². The van der Waals surface area contributed by atoms with Crippen molar-refractivity contribution in [2.75, 3.05) is 11.9 Å². The Morgan fingerprint density at radius 1 is 1.30 bits per heavy atom. The van der Waals surface area contributed by atoms with Crippen LogP contribution in [0.2, 0.25) is 5.02 Å². The Balaban J connectivity index is 1.76. The Morgan fingerprint density at radius 2 is 2.15 bits per heavy atom. The average Bonchev–Trinajstić information content (AvgIpc) is 2.41. The minimum atomic E-state index is -0.238. The molecule has 1 aromatic carbocycles. The van der Waals surface area contributed by atoms with Gasteiger partial charge < -0.3 is 10.6 Å². The zero-order valence-corrected chi connectivity index (χ0v) is 11.9. The fourth-order valence-electron chi connectivity index (χ4n) is 1.73. The monoisotopic (exact) mass is 289 g/mol. The van der Waals surface area contributed by atoms with Crippen molar-refractivity contribution >= 4 is 23.3 Å². The summed E-state index contributed by atoms with van der Waals surface area (Å²) in [4.78, 5) is 15.8. The summed E-state index contributed by atoms with van der Waals surface area (Å²) in [6.07, 6.45) is 2.37. The van der Waals surface area contributed by atoms with Gasteiger partial charge in [-0.1, -0.05) is 23.7 Å². The van der Waals surface area contributed by atoms with E-state index in [1.54, 1.807) is 6.20 Å². The molecule has 0 aliphatic carbocycles. The Kier molecular flexibility index (Phi) is 4.96. The molecule has 0 spiro atoms. The van der Waals surface area contributed by atoms with Gasteiger partial charge >= 0.3 is 6.03 Å². The Labute approximate surface area is 123 Å². The van der Waals surface area contributed by atoms with Crippen LogP contribution in [0.15, 0.2) is 42.6 Å². The van der Waals surface area contributed by atoms with Crippen molar-refractivity contribution < 1.29 is 4.79 Å². The number of pyridine rings is 1. The van der Waals surface area contributed by atoms with Crippen LogP contribution in [0.5, 0.6) is 0 Å². The fourth-order valence-corrected chi connectivity index (χ4v) is 1.94. The lowest BCUT2D eigenvalue weighted by Crippen LogP contribution is -2.30. The lowest BCUT2D eigenvalue weighted by Gasteiger charge is -2.07. The molecule has 0 aliphatic rings. The van der Waals surface area contributed by atoms with Crippen LogP contribution in [0.4, 0.5) is 10.5 Å². The molecular formula is C15H16ClN3O. The van der Waals surface area contributed by atoms with Crippen LogP contribution in [0.25, 0.3) is 0 Å².